The van der Waals surface area contributed by atoms with Gasteiger partial charge in [0.25, 0.3) is 23.4 Å². The van der Waals surface area contributed by atoms with Crippen LogP contribution < -0.4 is 4.74 Å². The SMILES string of the molecule is O=C(CN(C(=O)c1ccc([N+](=O)[O-])cc1)N1C(=O)[C@@H]2CC=CC[C@H]2C1=O)c1ccc(OC(=O)c2ccccc2)cc1. The first-order valence-electron chi connectivity index (χ1n) is 12.7. The Morgan fingerprint density at radius 2 is 1.37 bits per heavy atom. The number of fused-ring (bicyclic) bond motifs is 1. The van der Waals surface area contributed by atoms with E-state index in [2.05, 4.69) is 0 Å². The number of imide groups is 1. The van der Waals surface area contributed by atoms with Crippen molar-refractivity contribution in [1.29, 1.82) is 0 Å². The van der Waals surface area contributed by atoms with Gasteiger partial charge >= 0.3 is 5.97 Å². The Hall–Kier alpha value is -5.45. The molecule has 41 heavy (non-hydrogen) atoms. The Morgan fingerprint density at radius 1 is 0.805 bits per heavy atom. The van der Waals surface area contributed by atoms with Crippen LogP contribution in [0, 0.1) is 22.0 Å². The molecule has 0 N–H and O–H groups in total. The lowest BCUT2D eigenvalue weighted by Gasteiger charge is -2.30. The predicted molar refractivity (Wildman–Crippen MR) is 144 cm³/mol. The zero-order chi connectivity index (χ0) is 29.1. The zero-order valence-corrected chi connectivity index (χ0v) is 21.5. The highest BCUT2D eigenvalue weighted by Gasteiger charge is 2.51. The second-order valence-electron chi connectivity index (χ2n) is 9.51. The maximum Gasteiger partial charge on any atom is 0.343 e. The number of nitro benzene ring substituents is 1. The van der Waals surface area contributed by atoms with Crippen LogP contribution in [-0.2, 0) is 9.59 Å². The number of nitro groups is 1. The summed E-state index contributed by atoms with van der Waals surface area (Å²) in [6.07, 6.45) is 4.27. The van der Waals surface area contributed by atoms with Crippen LogP contribution in [0.4, 0.5) is 5.69 Å². The van der Waals surface area contributed by atoms with Crippen LogP contribution in [0.25, 0.3) is 0 Å². The molecule has 1 aliphatic heterocycles. The number of non-ortho nitro benzene ring substituents is 1. The fourth-order valence-corrected chi connectivity index (χ4v) is 4.81. The van der Waals surface area contributed by atoms with Gasteiger partial charge in [-0.15, -0.1) is 0 Å². The minimum Gasteiger partial charge on any atom is -0.423 e. The van der Waals surface area contributed by atoms with Crippen LogP contribution in [0.3, 0.4) is 0 Å². The van der Waals surface area contributed by atoms with Crippen LogP contribution in [0.2, 0.25) is 0 Å². The van der Waals surface area contributed by atoms with Gasteiger partial charge in [0.2, 0.25) is 0 Å². The fourth-order valence-electron chi connectivity index (χ4n) is 4.81. The van der Waals surface area contributed by atoms with Crippen molar-refractivity contribution in [2.24, 2.45) is 11.8 Å². The molecule has 1 fully saturated rings. The molecule has 3 aromatic carbocycles. The summed E-state index contributed by atoms with van der Waals surface area (Å²) < 4.78 is 5.34. The number of ether oxygens (including phenoxy) is 1. The first-order valence-corrected chi connectivity index (χ1v) is 12.7. The number of hydrogen-bond acceptors (Lipinski definition) is 8. The highest BCUT2D eigenvalue weighted by atomic mass is 16.6. The van der Waals surface area contributed by atoms with Crippen molar-refractivity contribution in [1.82, 2.24) is 10.0 Å². The van der Waals surface area contributed by atoms with E-state index in [9.17, 15) is 34.1 Å². The molecule has 0 bridgehead atoms. The standard InChI is InChI=1S/C30H23N3O8/c34-26(19-12-16-23(17-13-19)41-30(38)21-6-2-1-3-7-21)18-31(27(35)20-10-14-22(15-11-20)33(39)40)32-28(36)24-8-4-5-9-25(24)29(32)37/h1-7,10-17,24-25H,8-9,18H2/t24-,25-/m1/s1. The second-order valence-corrected chi connectivity index (χ2v) is 9.51. The molecule has 1 saturated heterocycles. The minimum atomic E-state index is -0.838. The summed E-state index contributed by atoms with van der Waals surface area (Å²) in [6, 6.07) is 18.7. The van der Waals surface area contributed by atoms with Gasteiger partial charge in [-0.3, -0.25) is 29.3 Å². The minimum absolute atomic E-state index is 0.0415. The number of allylic oxidation sites excluding steroid dienone is 2. The number of Topliss-reactive ketones (excluding diaryl/α,β-unsaturated/α-hetero) is 1. The molecule has 1 heterocycles. The van der Waals surface area contributed by atoms with Crippen molar-refractivity contribution in [2.45, 2.75) is 12.8 Å². The number of hydrogen-bond donors (Lipinski definition) is 0. The van der Waals surface area contributed by atoms with Crippen LogP contribution in [0.5, 0.6) is 5.75 Å². The summed E-state index contributed by atoms with van der Waals surface area (Å²) in [4.78, 5) is 76.2. The first-order chi connectivity index (χ1) is 19.7. The molecule has 2 atom stereocenters. The Morgan fingerprint density at radius 3 is 1.93 bits per heavy atom. The van der Waals surface area contributed by atoms with E-state index in [0.29, 0.717) is 18.4 Å². The zero-order valence-electron chi connectivity index (χ0n) is 21.5. The van der Waals surface area contributed by atoms with Crippen molar-refractivity contribution in [3.8, 4) is 5.75 Å². The Balaban J connectivity index is 1.38. The van der Waals surface area contributed by atoms with E-state index in [1.165, 1.54) is 36.4 Å². The molecule has 11 heteroatoms. The van der Waals surface area contributed by atoms with Gasteiger partial charge < -0.3 is 4.74 Å². The lowest BCUT2D eigenvalue weighted by atomic mass is 9.85. The lowest BCUT2D eigenvalue weighted by Crippen LogP contribution is -2.52. The summed E-state index contributed by atoms with van der Waals surface area (Å²) in [6.45, 7) is -0.649. The third kappa shape index (κ3) is 5.50. The van der Waals surface area contributed by atoms with E-state index in [-0.39, 0.29) is 22.6 Å². The highest BCUT2D eigenvalue weighted by Crippen LogP contribution is 2.36. The molecule has 0 saturated carbocycles. The third-order valence-electron chi connectivity index (χ3n) is 6.97. The van der Waals surface area contributed by atoms with E-state index >= 15 is 0 Å². The molecule has 5 rings (SSSR count). The number of benzene rings is 3. The number of rotatable bonds is 8. The topological polar surface area (TPSA) is 144 Å². The maximum atomic E-state index is 13.6. The van der Waals surface area contributed by atoms with Crippen molar-refractivity contribution in [2.75, 3.05) is 6.54 Å². The summed E-state index contributed by atoms with van der Waals surface area (Å²) in [7, 11) is 0. The quantitative estimate of drug-likeness (QED) is 0.0774. The van der Waals surface area contributed by atoms with Crippen LogP contribution in [0.1, 0.15) is 43.9 Å². The monoisotopic (exact) mass is 553 g/mol. The van der Waals surface area contributed by atoms with E-state index in [0.717, 1.165) is 22.2 Å². The normalized spacial score (nSPS) is 17.6. The number of amides is 3. The largest absolute Gasteiger partial charge is 0.423 e. The van der Waals surface area contributed by atoms with Gasteiger partial charge in [-0.2, -0.15) is 5.01 Å². The molecule has 11 nitrogen and oxygen atoms in total. The molecule has 0 radical (unpaired) electrons. The van der Waals surface area contributed by atoms with Gasteiger partial charge in [0, 0.05) is 23.3 Å². The molecule has 206 valence electrons. The highest BCUT2D eigenvalue weighted by molar-refractivity contribution is 6.09. The van der Waals surface area contributed by atoms with Gasteiger partial charge in [0.05, 0.1) is 22.3 Å². The van der Waals surface area contributed by atoms with Crippen molar-refractivity contribution >= 4 is 35.2 Å². The van der Waals surface area contributed by atoms with Crippen molar-refractivity contribution in [3.05, 3.63) is 118 Å². The number of ketones is 1. The summed E-state index contributed by atoms with van der Waals surface area (Å²) in [5, 5.41) is 12.6. The lowest BCUT2D eigenvalue weighted by molar-refractivity contribution is -0.384. The van der Waals surface area contributed by atoms with E-state index in [4.69, 9.17) is 4.74 Å². The Kier molecular flexibility index (Phi) is 7.51. The van der Waals surface area contributed by atoms with Crippen molar-refractivity contribution in [3.63, 3.8) is 0 Å². The van der Waals surface area contributed by atoms with Crippen LogP contribution in [0.15, 0.2) is 91.0 Å². The number of nitrogens with zero attached hydrogens (tertiary/aromatic N) is 3. The number of esters is 1. The number of hydrazine groups is 1. The van der Waals surface area contributed by atoms with Gasteiger partial charge in [-0.1, -0.05) is 30.4 Å². The molecule has 3 aromatic rings. The van der Waals surface area contributed by atoms with Crippen LogP contribution >= 0.6 is 0 Å². The predicted octanol–water partition coefficient (Wildman–Crippen LogP) is 4.01. The first kappa shape index (κ1) is 27.1. The summed E-state index contributed by atoms with van der Waals surface area (Å²) in [5.74, 6) is -4.28. The fraction of sp³-hybridized carbons (Fsp3) is 0.167. The molecule has 2 aliphatic rings. The van der Waals surface area contributed by atoms with Crippen LogP contribution in [-0.4, -0.2) is 51.0 Å². The van der Waals surface area contributed by atoms with Gasteiger partial charge in [-0.25, -0.2) is 9.80 Å². The molecule has 0 spiro atoms. The second kappa shape index (κ2) is 11.3. The summed E-state index contributed by atoms with van der Waals surface area (Å²) >= 11 is 0. The Bertz CT molecular complexity index is 1540. The van der Waals surface area contributed by atoms with Gasteiger partial charge in [0.15, 0.2) is 5.78 Å². The van der Waals surface area contributed by atoms with Gasteiger partial charge in [0.1, 0.15) is 12.3 Å². The van der Waals surface area contributed by atoms with Crippen molar-refractivity contribution < 1.29 is 33.6 Å². The molecule has 3 amide bonds. The molecular formula is C30H23N3O8. The Labute approximate surface area is 233 Å². The average Bonchev–Trinajstić information content (AvgIpc) is 3.25. The average molecular weight is 554 g/mol. The number of carbonyl (C=O) groups is 5. The van der Waals surface area contributed by atoms with Gasteiger partial charge in [-0.05, 0) is 61.4 Å². The maximum absolute atomic E-state index is 13.6. The molecule has 0 unspecified atom stereocenters. The van der Waals surface area contributed by atoms with E-state index < -0.39 is 52.8 Å². The van der Waals surface area contributed by atoms with E-state index in [1.807, 2.05) is 0 Å². The molecular weight excluding hydrogens is 530 g/mol. The number of carbonyl (C=O) groups excluding carboxylic acids is 5. The third-order valence-corrected chi connectivity index (χ3v) is 6.97. The molecule has 1 aliphatic carbocycles. The van der Waals surface area contributed by atoms with E-state index in [1.54, 1.807) is 42.5 Å². The summed E-state index contributed by atoms with van der Waals surface area (Å²) in [5.41, 5.74) is 0.204. The molecule has 0 aromatic heterocycles. The smallest absolute Gasteiger partial charge is 0.343 e.